The van der Waals surface area contributed by atoms with Gasteiger partial charge < -0.3 is 14.0 Å². The van der Waals surface area contributed by atoms with Gasteiger partial charge in [-0.3, -0.25) is 9.69 Å². The number of carbonyl (C=O) groups excluding carboxylic acids is 1. The van der Waals surface area contributed by atoms with Crippen molar-refractivity contribution in [3.63, 3.8) is 0 Å². The molecular weight excluding hydrogens is 364 g/mol. The lowest BCUT2D eigenvalue weighted by Crippen LogP contribution is -2.49. The van der Waals surface area contributed by atoms with E-state index in [0.29, 0.717) is 12.3 Å². The lowest BCUT2D eigenvalue weighted by Gasteiger charge is -2.39. The van der Waals surface area contributed by atoms with E-state index in [-0.39, 0.29) is 11.6 Å². The number of aryl methyl sites for hydroxylation is 1. The Balaban J connectivity index is 1.29. The van der Waals surface area contributed by atoms with Gasteiger partial charge in [0.1, 0.15) is 5.65 Å². The molecule has 0 saturated carbocycles. The number of carbonyl (C=O) groups is 1. The number of likely N-dealkylation sites (tertiary alicyclic amines) is 2. The third kappa shape index (κ3) is 3.57. The van der Waals surface area contributed by atoms with Crippen LogP contribution in [-0.2, 0) is 16.1 Å². The number of aromatic nitrogens is 2. The second-order valence-electron chi connectivity index (χ2n) is 9.07. The molecule has 2 aromatic rings. The maximum Gasteiger partial charge on any atom is 0.223 e. The van der Waals surface area contributed by atoms with Crippen molar-refractivity contribution in [3.8, 4) is 0 Å². The molecule has 2 atom stereocenters. The zero-order valence-electron chi connectivity index (χ0n) is 17.5. The second kappa shape index (κ2) is 7.73. The first-order chi connectivity index (χ1) is 14.1. The molecule has 6 nitrogen and oxygen atoms in total. The zero-order chi connectivity index (χ0) is 19.8. The van der Waals surface area contributed by atoms with Crippen LogP contribution in [0.4, 0.5) is 0 Å². The van der Waals surface area contributed by atoms with E-state index < -0.39 is 0 Å². The van der Waals surface area contributed by atoms with Gasteiger partial charge in [-0.15, -0.1) is 0 Å². The fourth-order valence-corrected chi connectivity index (χ4v) is 5.60. The second-order valence-corrected chi connectivity index (χ2v) is 9.07. The molecule has 0 bridgehead atoms. The standard InChI is InChI=1S/C23H32N4O2/c1-18-20(24-21-7-2-3-13-26(18)21)17-25-12-5-9-23(11-14-25)10-8-22(28)27(23)16-19-6-4-15-29-19/h2-3,7,13,19H,4-6,8-12,14-17H2,1H3/t19-,23+/m0/s1. The van der Waals surface area contributed by atoms with Crippen LogP contribution in [0.2, 0.25) is 0 Å². The van der Waals surface area contributed by atoms with Crippen molar-refractivity contribution in [1.82, 2.24) is 19.2 Å². The molecule has 0 aliphatic carbocycles. The minimum atomic E-state index is 0.0474. The van der Waals surface area contributed by atoms with E-state index in [1.807, 2.05) is 6.07 Å². The third-order valence-electron chi connectivity index (χ3n) is 7.34. The summed E-state index contributed by atoms with van der Waals surface area (Å²) in [5.41, 5.74) is 3.48. The van der Waals surface area contributed by atoms with E-state index in [1.54, 1.807) is 0 Å². The summed E-state index contributed by atoms with van der Waals surface area (Å²) in [6.07, 6.45) is 9.61. The van der Waals surface area contributed by atoms with Crippen LogP contribution in [0, 0.1) is 6.92 Å². The molecule has 2 aromatic heterocycles. The van der Waals surface area contributed by atoms with Gasteiger partial charge >= 0.3 is 0 Å². The zero-order valence-corrected chi connectivity index (χ0v) is 17.5. The van der Waals surface area contributed by atoms with Gasteiger partial charge in [0.05, 0.1) is 11.8 Å². The Morgan fingerprint density at radius 1 is 1.21 bits per heavy atom. The van der Waals surface area contributed by atoms with Gasteiger partial charge in [-0.2, -0.15) is 0 Å². The topological polar surface area (TPSA) is 50.1 Å². The van der Waals surface area contributed by atoms with Gasteiger partial charge in [0, 0.05) is 50.1 Å². The predicted molar refractivity (Wildman–Crippen MR) is 112 cm³/mol. The van der Waals surface area contributed by atoms with Crippen LogP contribution in [0.1, 0.15) is 56.3 Å². The van der Waals surface area contributed by atoms with Crippen LogP contribution in [0.3, 0.4) is 0 Å². The average Bonchev–Trinajstić information content (AvgIpc) is 3.38. The number of hydrogen-bond donors (Lipinski definition) is 0. The van der Waals surface area contributed by atoms with Crippen LogP contribution in [0.25, 0.3) is 5.65 Å². The number of amides is 1. The molecule has 3 fully saturated rings. The fourth-order valence-electron chi connectivity index (χ4n) is 5.60. The molecule has 5 heterocycles. The summed E-state index contributed by atoms with van der Waals surface area (Å²) < 4.78 is 8.03. The molecule has 0 aromatic carbocycles. The maximum absolute atomic E-state index is 12.7. The maximum atomic E-state index is 12.7. The summed E-state index contributed by atoms with van der Waals surface area (Å²) in [5, 5.41) is 0. The van der Waals surface area contributed by atoms with Crippen molar-refractivity contribution in [2.75, 3.05) is 26.2 Å². The van der Waals surface area contributed by atoms with Crippen molar-refractivity contribution in [2.45, 2.75) is 70.1 Å². The Kier molecular flexibility index (Phi) is 5.08. The normalized spacial score (nSPS) is 28.7. The Labute approximate surface area is 172 Å². The lowest BCUT2D eigenvalue weighted by molar-refractivity contribution is -0.133. The van der Waals surface area contributed by atoms with Crippen molar-refractivity contribution in [2.24, 2.45) is 0 Å². The van der Waals surface area contributed by atoms with Gasteiger partial charge in [0.15, 0.2) is 0 Å². The molecule has 0 N–H and O–H groups in total. The molecule has 156 valence electrons. The van der Waals surface area contributed by atoms with Gasteiger partial charge in [-0.1, -0.05) is 6.07 Å². The van der Waals surface area contributed by atoms with Crippen LogP contribution in [0.5, 0.6) is 0 Å². The SMILES string of the molecule is Cc1c(CN2CCC[C@@]3(CCC(=O)N3C[C@@H]3CCCO3)CC2)nc2ccccn12. The molecule has 0 radical (unpaired) electrons. The van der Waals surface area contributed by atoms with Crippen molar-refractivity contribution < 1.29 is 9.53 Å². The van der Waals surface area contributed by atoms with Crippen LogP contribution >= 0.6 is 0 Å². The summed E-state index contributed by atoms with van der Waals surface area (Å²) in [6.45, 7) is 6.81. The highest BCUT2D eigenvalue weighted by molar-refractivity contribution is 5.79. The molecular formula is C23H32N4O2. The Bertz CT molecular complexity index is 888. The smallest absolute Gasteiger partial charge is 0.223 e. The number of fused-ring (bicyclic) bond motifs is 1. The predicted octanol–water partition coefficient (Wildman–Crippen LogP) is 3.17. The molecule has 29 heavy (non-hydrogen) atoms. The molecule has 1 amide bonds. The van der Waals surface area contributed by atoms with E-state index in [9.17, 15) is 4.79 Å². The highest BCUT2D eigenvalue weighted by atomic mass is 16.5. The van der Waals surface area contributed by atoms with Crippen molar-refractivity contribution >= 4 is 11.6 Å². The number of ether oxygens (including phenoxy) is 1. The first-order valence-corrected chi connectivity index (χ1v) is 11.2. The quantitative estimate of drug-likeness (QED) is 0.797. The van der Waals surface area contributed by atoms with Crippen LogP contribution in [-0.4, -0.2) is 63.0 Å². The number of imidazole rings is 1. The summed E-state index contributed by atoms with van der Waals surface area (Å²) in [5.74, 6) is 0.338. The van der Waals surface area contributed by atoms with E-state index in [1.165, 1.54) is 11.4 Å². The average molecular weight is 397 g/mol. The van der Waals surface area contributed by atoms with E-state index in [0.717, 1.165) is 77.0 Å². The van der Waals surface area contributed by atoms with Gasteiger partial charge in [0.2, 0.25) is 5.91 Å². The summed E-state index contributed by atoms with van der Waals surface area (Å²) in [4.78, 5) is 22.3. The first kappa shape index (κ1) is 19.1. The minimum absolute atomic E-state index is 0.0474. The molecule has 0 unspecified atom stereocenters. The molecule has 5 rings (SSSR count). The third-order valence-corrected chi connectivity index (χ3v) is 7.34. The molecule has 3 aliphatic heterocycles. The van der Waals surface area contributed by atoms with Crippen LogP contribution in [0.15, 0.2) is 24.4 Å². The fraction of sp³-hybridized carbons (Fsp3) is 0.652. The van der Waals surface area contributed by atoms with E-state index >= 15 is 0 Å². The van der Waals surface area contributed by atoms with Crippen molar-refractivity contribution in [3.05, 3.63) is 35.8 Å². The molecule has 3 saturated heterocycles. The first-order valence-electron chi connectivity index (χ1n) is 11.2. The molecule has 6 heteroatoms. The Hall–Kier alpha value is -1.92. The minimum Gasteiger partial charge on any atom is -0.376 e. The number of pyridine rings is 1. The Morgan fingerprint density at radius 3 is 2.97 bits per heavy atom. The van der Waals surface area contributed by atoms with Gasteiger partial charge in [-0.25, -0.2) is 4.98 Å². The van der Waals surface area contributed by atoms with Gasteiger partial charge in [0.25, 0.3) is 0 Å². The van der Waals surface area contributed by atoms with E-state index in [4.69, 9.17) is 9.72 Å². The molecule has 1 spiro atoms. The summed E-state index contributed by atoms with van der Waals surface area (Å²) in [6, 6.07) is 6.17. The summed E-state index contributed by atoms with van der Waals surface area (Å²) in [7, 11) is 0. The van der Waals surface area contributed by atoms with Crippen molar-refractivity contribution in [1.29, 1.82) is 0 Å². The lowest BCUT2D eigenvalue weighted by atomic mass is 9.87. The van der Waals surface area contributed by atoms with E-state index in [2.05, 4.69) is 39.5 Å². The number of nitrogens with zero attached hydrogens (tertiary/aromatic N) is 4. The van der Waals surface area contributed by atoms with Gasteiger partial charge in [-0.05, 0) is 64.1 Å². The molecule has 3 aliphatic rings. The monoisotopic (exact) mass is 396 g/mol. The highest BCUT2D eigenvalue weighted by Crippen LogP contribution is 2.40. The number of hydrogen-bond acceptors (Lipinski definition) is 4. The van der Waals surface area contributed by atoms with Crippen LogP contribution < -0.4 is 0 Å². The number of rotatable bonds is 4. The largest absolute Gasteiger partial charge is 0.376 e. The highest BCUT2D eigenvalue weighted by Gasteiger charge is 2.46. The summed E-state index contributed by atoms with van der Waals surface area (Å²) >= 11 is 0. The Morgan fingerprint density at radius 2 is 2.14 bits per heavy atom.